The number of hydrogen-bond acceptors (Lipinski definition) is 4. The molecule has 0 unspecified atom stereocenters. The van der Waals surface area contributed by atoms with Crippen molar-refractivity contribution < 1.29 is 9.26 Å². The lowest BCUT2D eigenvalue weighted by atomic mass is 10.0. The van der Waals surface area contributed by atoms with Crippen molar-refractivity contribution in [3.63, 3.8) is 0 Å². The zero-order chi connectivity index (χ0) is 12.4. The number of halogens is 1. The first kappa shape index (κ1) is 11.8. The number of nitrogens with two attached hydrogens (primary N) is 1. The van der Waals surface area contributed by atoms with Crippen LogP contribution in [0.1, 0.15) is 12.5 Å². The van der Waals surface area contributed by atoms with E-state index in [2.05, 4.69) is 5.16 Å². The van der Waals surface area contributed by atoms with Crippen LogP contribution in [0.4, 0.5) is 5.88 Å². The number of methoxy groups -OCH3 is 1. The molecule has 0 saturated heterocycles. The lowest BCUT2D eigenvalue weighted by molar-refractivity contribution is 0.410. The van der Waals surface area contributed by atoms with Gasteiger partial charge in [-0.2, -0.15) is 0 Å². The number of nitrogens with zero attached hydrogens (tertiary/aromatic N) is 1. The Hall–Kier alpha value is -1.68. The van der Waals surface area contributed by atoms with Gasteiger partial charge in [0.2, 0.25) is 5.88 Å². The number of anilines is 1. The predicted molar refractivity (Wildman–Crippen MR) is 67.3 cm³/mol. The Labute approximate surface area is 104 Å². The molecule has 4 nitrogen and oxygen atoms in total. The maximum absolute atomic E-state index is 6.17. The molecular formula is C12H13ClN2O2. The van der Waals surface area contributed by atoms with Crippen LogP contribution in [0.2, 0.25) is 5.02 Å². The van der Waals surface area contributed by atoms with E-state index < -0.39 is 0 Å². The molecule has 90 valence electrons. The van der Waals surface area contributed by atoms with Crippen LogP contribution in [-0.4, -0.2) is 12.3 Å². The molecule has 1 aromatic heterocycles. The highest BCUT2D eigenvalue weighted by Gasteiger charge is 2.13. The van der Waals surface area contributed by atoms with Crippen molar-refractivity contribution in [2.45, 2.75) is 13.3 Å². The molecule has 0 aliphatic carbocycles. The second-order valence-electron chi connectivity index (χ2n) is 3.61. The third kappa shape index (κ3) is 2.08. The van der Waals surface area contributed by atoms with Gasteiger partial charge >= 0.3 is 0 Å². The summed E-state index contributed by atoms with van der Waals surface area (Å²) in [7, 11) is 1.60. The molecular weight excluding hydrogens is 240 g/mol. The number of benzene rings is 1. The second-order valence-corrected chi connectivity index (χ2v) is 4.01. The van der Waals surface area contributed by atoms with Gasteiger partial charge in [-0.3, -0.25) is 0 Å². The minimum absolute atomic E-state index is 0.285. The molecule has 2 rings (SSSR count). The first-order valence-electron chi connectivity index (χ1n) is 5.24. The lowest BCUT2D eigenvalue weighted by Gasteiger charge is -2.11. The first-order chi connectivity index (χ1) is 8.17. The number of nitrogen functional groups attached to an aromatic ring is 1. The van der Waals surface area contributed by atoms with Gasteiger partial charge in [0.05, 0.1) is 23.9 Å². The van der Waals surface area contributed by atoms with Crippen molar-refractivity contribution in [3.8, 4) is 16.9 Å². The van der Waals surface area contributed by atoms with Crippen LogP contribution >= 0.6 is 11.6 Å². The average Bonchev–Trinajstić information content (AvgIpc) is 2.74. The lowest BCUT2D eigenvalue weighted by Crippen LogP contribution is -1.93. The Morgan fingerprint density at radius 3 is 2.76 bits per heavy atom. The molecule has 0 atom stereocenters. The minimum atomic E-state index is 0.285. The maximum Gasteiger partial charge on any atom is 0.229 e. The summed E-state index contributed by atoms with van der Waals surface area (Å²) in [5.74, 6) is 0.987. The van der Waals surface area contributed by atoms with Gasteiger partial charge < -0.3 is 15.0 Å². The van der Waals surface area contributed by atoms with Crippen molar-refractivity contribution in [2.75, 3.05) is 12.8 Å². The van der Waals surface area contributed by atoms with E-state index in [1.54, 1.807) is 19.4 Å². The standard InChI is InChI=1S/C12H13ClN2O2/c1-3-7-4-8(5-10(13)11(7)16-2)9-6-15-17-12(9)14/h4-6H,3,14H2,1-2H3. The fraction of sp³-hybridized carbons (Fsp3) is 0.250. The molecule has 2 N–H and O–H groups in total. The first-order valence-corrected chi connectivity index (χ1v) is 5.62. The molecule has 0 radical (unpaired) electrons. The van der Waals surface area contributed by atoms with Gasteiger partial charge in [-0.05, 0) is 29.7 Å². The van der Waals surface area contributed by atoms with Crippen LogP contribution in [0.25, 0.3) is 11.1 Å². The monoisotopic (exact) mass is 252 g/mol. The molecule has 1 heterocycles. The molecule has 0 aliphatic heterocycles. The largest absolute Gasteiger partial charge is 0.495 e. The SMILES string of the molecule is CCc1cc(-c2cnoc2N)cc(Cl)c1OC. The summed E-state index contributed by atoms with van der Waals surface area (Å²) in [5, 5.41) is 4.21. The third-order valence-corrected chi connectivity index (χ3v) is 2.90. The van der Waals surface area contributed by atoms with Crippen molar-refractivity contribution >= 4 is 17.5 Å². The highest BCUT2D eigenvalue weighted by Crippen LogP contribution is 2.36. The summed E-state index contributed by atoms with van der Waals surface area (Å²) in [6.45, 7) is 2.04. The second kappa shape index (κ2) is 4.67. The number of aryl methyl sites for hydroxylation is 1. The summed E-state index contributed by atoms with van der Waals surface area (Å²) in [6, 6.07) is 3.77. The molecule has 0 amide bonds. The molecule has 1 aromatic carbocycles. The van der Waals surface area contributed by atoms with Gasteiger partial charge in [0.1, 0.15) is 5.75 Å². The summed E-state index contributed by atoms with van der Waals surface area (Å²) in [4.78, 5) is 0. The van der Waals surface area contributed by atoms with Crippen LogP contribution in [0.3, 0.4) is 0 Å². The van der Waals surface area contributed by atoms with Gasteiger partial charge in [-0.25, -0.2) is 0 Å². The fourth-order valence-corrected chi connectivity index (χ4v) is 2.08. The number of rotatable bonds is 3. The molecule has 0 saturated carbocycles. The van der Waals surface area contributed by atoms with Crippen LogP contribution in [0.15, 0.2) is 22.9 Å². The normalized spacial score (nSPS) is 10.5. The third-order valence-electron chi connectivity index (χ3n) is 2.61. The van der Waals surface area contributed by atoms with Gasteiger partial charge in [-0.1, -0.05) is 23.7 Å². The van der Waals surface area contributed by atoms with Crippen molar-refractivity contribution in [2.24, 2.45) is 0 Å². The van der Waals surface area contributed by atoms with Crippen molar-refractivity contribution in [3.05, 3.63) is 28.9 Å². The highest BCUT2D eigenvalue weighted by atomic mass is 35.5. The van der Waals surface area contributed by atoms with Crippen LogP contribution in [0, 0.1) is 0 Å². The van der Waals surface area contributed by atoms with Crippen molar-refractivity contribution in [1.82, 2.24) is 5.16 Å². The summed E-state index contributed by atoms with van der Waals surface area (Å²) < 4.78 is 10.1. The van der Waals surface area contributed by atoms with Crippen LogP contribution < -0.4 is 10.5 Å². The molecule has 0 aliphatic rings. The molecule has 0 spiro atoms. The van der Waals surface area contributed by atoms with E-state index in [0.29, 0.717) is 10.8 Å². The summed E-state index contributed by atoms with van der Waals surface area (Å²) >= 11 is 6.17. The van der Waals surface area contributed by atoms with Gasteiger partial charge in [0, 0.05) is 0 Å². The number of aromatic nitrogens is 1. The molecule has 5 heteroatoms. The quantitative estimate of drug-likeness (QED) is 0.912. The van der Waals surface area contributed by atoms with E-state index in [1.165, 1.54) is 0 Å². The zero-order valence-corrected chi connectivity index (χ0v) is 10.4. The highest BCUT2D eigenvalue weighted by molar-refractivity contribution is 6.32. The Kier molecular flexibility index (Phi) is 3.24. The van der Waals surface area contributed by atoms with E-state index in [0.717, 1.165) is 23.1 Å². The van der Waals surface area contributed by atoms with E-state index in [4.69, 9.17) is 26.6 Å². The molecule has 2 aromatic rings. The van der Waals surface area contributed by atoms with Crippen LogP contribution in [-0.2, 0) is 6.42 Å². The topological polar surface area (TPSA) is 61.3 Å². The van der Waals surface area contributed by atoms with E-state index in [1.807, 2.05) is 13.0 Å². The summed E-state index contributed by atoms with van der Waals surface area (Å²) in [6.07, 6.45) is 2.40. The predicted octanol–water partition coefficient (Wildman–Crippen LogP) is 3.15. The Bertz CT molecular complexity index is 537. The van der Waals surface area contributed by atoms with E-state index >= 15 is 0 Å². The van der Waals surface area contributed by atoms with Gasteiger partial charge in [0.15, 0.2) is 0 Å². The molecule has 17 heavy (non-hydrogen) atoms. The average molecular weight is 253 g/mol. The fourth-order valence-electron chi connectivity index (χ4n) is 1.76. The maximum atomic E-state index is 6.17. The number of ether oxygens (including phenoxy) is 1. The Morgan fingerprint density at radius 1 is 1.47 bits per heavy atom. The molecule has 0 bridgehead atoms. The summed E-state index contributed by atoms with van der Waals surface area (Å²) in [5.41, 5.74) is 8.33. The number of hydrogen-bond donors (Lipinski definition) is 1. The van der Waals surface area contributed by atoms with E-state index in [-0.39, 0.29) is 5.88 Å². The van der Waals surface area contributed by atoms with E-state index in [9.17, 15) is 0 Å². The van der Waals surface area contributed by atoms with Crippen molar-refractivity contribution in [1.29, 1.82) is 0 Å². The van der Waals surface area contributed by atoms with Crippen LogP contribution in [0.5, 0.6) is 5.75 Å². The zero-order valence-electron chi connectivity index (χ0n) is 9.66. The minimum Gasteiger partial charge on any atom is -0.495 e. The van der Waals surface area contributed by atoms with Gasteiger partial charge in [-0.15, -0.1) is 0 Å². The Morgan fingerprint density at radius 2 is 2.24 bits per heavy atom. The van der Waals surface area contributed by atoms with Gasteiger partial charge in [0.25, 0.3) is 0 Å². The smallest absolute Gasteiger partial charge is 0.229 e. The Balaban J connectivity index is 2.58. The molecule has 0 fully saturated rings.